The Hall–Kier alpha value is -4.97. The molecule has 0 aliphatic rings. The minimum absolute atomic E-state index is 0.0993. The van der Waals surface area contributed by atoms with Crippen LogP contribution in [0.2, 0.25) is 0 Å². The smallest absolute Gasteiger partial charge is 0.306 e. The van der Waals surface area contributed by atoms with Gasteiger partial charge in [-0.05, 0) is 148 Å². The number of carbonyl (C=O) groups is 3. The van der Waals surface area contributed by atoms with Crippen molar-refractivity contribution >= 4 is 17.9 Å². The van der Waals surface area contributed by atoms with Crippen LogP contribution >= 0.6 is 0 Å². The van der Waals surface area contributed by atoms with E-state index in [9.17, 15) is 14.4 Å². The Balaban J connectivity index is 4.42. The zero-order chi connectivity index (χ0) is 57.8. The highest BCUT2D eigenvalue weighted by Gasteiger charge is 2.19. The molecule has 0 bridgehead atoms. The van der Waals surface area contributed by atoms with Gasteiger partial charge in [-0.15, -0.1) is 0 Å². The molecule has 6 heteroatoms. The van der Waals surface area contributed by atoms with E-state index in [0.29, 0.717) is 19.3 Å². The van der Waals surface area contributed by atoms with E-state index in [2.05, 4.69) is 179 Å². The van der Waals surface area contributed by atoms with Crippen molar-refractivity contribution in [1.82, 2.24) is 0 Å². The molecule has 0 aromatic carbocycles. The van der Waals surface area contributed by atoms with Crippen molar-refractivity contribution in [2.75, 3.05) is 13.2 Å². The van der Waals surface area contributed by atoms with Gasteiger partial charge in [0.25, 0.3) is 0 Å². The fraction of sp³-hybridized carbons (Fsp3) is 0.608. The lowest BCUT2D eigenvalue weighted by molar-refractivity contribution is -0.167. The van der Waals surface area contributed by atoms with E-state index in [1.807, 2.05) is 0 Å². The summed E-state index contributed by atoms with van der Waals surface area (Å²) in [6, 6.07) is 0. The molecular weight excluding hydrogens is 985 g/mol. The second kappa shape index (κ2) is 66.5. The van der Waals surface area contributed by atoms with Crippen LogP contribution in [-0.4, -0.2) is 37.2 Å². The fourth-order valence-electron chi connectivity index (χ4n) is 8.44. The first-order valence-corrected chi connectivity index (χ1v) is 32.5. The molecule has 0 fully saturated rings. The maximum atomic E-state index is 12.9. The summed E-state index contributed by atoms with van der Waals surface area (Å²) in [6.07, 6.45) is 96.7. The molecule has 0 heterocycles. The van der Waals surface area contributed by atoms with E-state index in [1.54, 1.807) is 0 Å². The number of allylic oxidation sites excluding steroid dienone is 26. The molecule has 80 heavy (non-hydrogen) atoms. The SMILES string of the molecule is CC/C=C\C/C=C\C/C=C\C/C=C\C/C=C\C/C=C\C/C=C\CCCCCCCC(=O)OCC(COC(=O)CCCCCCC/C=C\CCCCC)OC(=O)CCCCCCCCC/C=C\C/C=C\C/C=C\C/C=C\C/C=C\CC. The number of carbonyl (C=O) groups excluding carboxylic acids is 3. The summed E-state index contributed by atoms with van der Waals surface area (Å²) in [5.41, 5.74) is 0. The summed E-state index contributed by atoms with van der Waals surface area (Å²) in [5, 5.41) is 0. The van der Waals surface area contributed by atoms with E-state index in [4.69, 9.17) is 14.2 Å². The van der Waals surface area contributed by atoms with Crippen LogP contribution in [0.15, 0.2) is 158 Å². The molecule has 0 aromatic rings. The molecule has 0 aliphatic carbocycles. The van der Waals surface area contributed by atoms with Crippen LogP contribution in [0.1, 0.15) is 271 Å². The van der Waals surface area contributed by atoms with Crippen LogP contribution in [0.4, 0.5) is 0 Å². The minimum Gasteiger partial charge on any atom is -0.462 e. The summed E-state index contributed by atoms with van der Waals surface area (Å²) in [4.78, 5) is 38.3. The van der Waals surface area contributed by atoms with E-state index in [-0.39, 0.29) is 31.1 Å². The Kier molecular flexibility index (Phi) is 62.4. The Morgan fingerprint density at radius 2 is 0.487 bits per heavy atom. The van der Waals surface area contributed by atoms with Gasteiger partial charge in [-0.3, -0.25) is 14.4 Å². The number of esters is 3. The number of unbranched alkanes of at least 4 members (excludes halogenated alkanes) is 20. The molecule has 0 amide bonds. The van der Waals surface area contributed by atoms with Crippen LogP contribution in [-0.2, 0) is 28.6 Å². The van der Waals surface area contributed by atoms with Crippen molar-refractivity contribution in [1.29, 1.82) is 0 Å². The van der Waals surface area contributed by atoms with Crippen molar-refractivity contribution in [3.63, 3.8) is 0 Å². The van der Waals surface area contributed by atoms with Gasteiger partial charge in [0.2, 0.25) is 0 Å². The van der Waals surface area contributed by atoms with Crippen molar-refractivity contribution in [2.45, 2.75) is 277 Å². The normalized spacial score (nSPS) is 13.2. The predicted octanol–water partition coefficient (Wildman–Crippen LogP) is 22.5. The van der Waals surface area contributed by atoms with E-state index < -0.39 is 6.10 Å². The molecule has 0 rings (SSSR count). The van der Waals surface area contributed by atoms with Crippen LogP contribution in [0.3, 0.4) is 0 Å². The van der Waals surface area contributed by atoms with Crippen LogP contribution in [0.5, 0.6) is 0 Å². The quantitative estimate of drug-likeness (QED) is 0.0261. The molecule has 6 nitrogen and oxygen atoms in total. The highest BCUT2D eigenvalue weighted by atomic mass is 16.6. The lowest BCUT2D eigenvalue weighted by Crippen LogP contribution is -2.30. The highest BCUT2D eigenvalue weighted by molar-refractivity contribution is 5.71. The van der Waals surface area contributed by atoms with Crippen LogP contribution < -0.4 is 0 Å². The minimum atomic E-state index is -0.805. The predicted molar refractivity (Wildman–Crippen MR) is 348 cm³/mol. The number of hydrogen-bond acceptors (Lipinski definition) is 6. The first-order chi connectivity index (χ1) is 39.5. The van der Waals surface area contributed by atoms with Gasteiger partial charge in [0.15, 0.2) is 6.10 Å². The van der Waals surface area contributed by atoms with Crippen molar-refractivity contribution < 1.29 is 28.6 Å². The lowest BCUT2D eigenvalue weighted by atomic mass is 10.1. The van der Waals surface area contributed by atoms with E-state index in [0.717, 1.165) is 180 Å². The average Bonchev–Trinajstić information content (AvgIpc) is 3.46. The molecule has 1 atom stereocenters. The van der Waals surface area contributed by atoms with Crippen molar-refractivity contribution in [2.24, 2.45) is 0 Å². The van der Waals surface area contributed by atoms with Crippen molar-refractivity contribution in [3.8, 4) is 0 Å². The van der Waals surface area contributed by atoms with Crippen molar-refractivity contribution in [3.05, 3.63) is 158 Å². The monoisotopic (exact) mass is 1100 g/mol. The first kappa shape index (κ1) is 75.0. The highest BCUT2D eigenvalue weighted by Crippen LogP contribution is 2.14. The number of rotatable bonds is 57. The van der Waals surface area contributed by atoms with Crippen LogP contribution in [0, 0.1) is 0 Å². The Labute approximate surface area is 492 Å². The van der Waals surface area contributed by atoms with Gasteiger partial charge < -0.3 is 14.2 Å². The third kappa shape index (κ3) is 63.9. The third-order valence-electron chi connectivity index (χ3n) is 13.2. The maximum Gasteiger partial charge on any atom is 0.306 e. The largest absolute Gasteiger partial charge is 0.462 e. The molecule has 450 valence electrons. The maximum absolute atomic E-state index is 12.9. The molecule has 0 spiro atoms. The first-order valence-electron chi connectivity index (χ1n) is 32.5. The fourth-order valence-corrected chi connectivity index (χ4v) is 8.44. The Bertz CT molecular complexity index is 1790. The summed E-state index contributed by atoms with van der Waals surface area (Å²) >= 11 is 0. The summed E-state index contributed by atoms with van der Waals surface area (Å²) < 4.78 is 16.9. The Morgan fingerprint density at radius 3 is 0.775 bits per heavy atom. The van der Waals surface area contributed by atoms with Gasteiger partial charge in [-0.25, -0.2) is 0 Å². The van der Waals surface area contributed by atoms with Crippen LogP contribution in [0.25, 0.3) is 0 Å². The third-order valence-corrected chi connectivity index (χ3v) is 13.2. The summed E-state index contributed by atoms with van der Waals surface area (Å²) in [6.45, 7) is 6.35. The van der Waals surface area contributed by atoms with Gasteiger partial charge in [0.1, 0.15) is 13.2 Å². The zero-order valence-electron chi connectivity index (χ0n) is 51.5. The molecule has 0 radical (unpaired) electrons. The zero-order valence-corrected chi connectivity index (χ0v) is 51.5. The van der Waals surface area contributed by atoms with Gasteiger partial charge in [0.05, 0.1) is 0 Å². The van der Waals surface area contributed by atoms with Gasteiger partial charge >= 0.3 is 17.9 Å². The van der Waals surface area contributed by atoms with E-state index in [1.165, 1.54) is 51.4 Å². The van der Waals surface area contributed by atoms with Gasteiger partial charge in [-0.2, -0.15) is 0 Å². The number of hydrogen-bond donors (Lipinski definition) is 0. The second-order valence-electron chi connectivity index (χ2n) is 20.9. The Morgan fingerprint density at radius 1 is 0.263 bits per heavy atom. The second-order valence-corrected chi connectivity index (χ2v) is 20.9. The number of ether oxygens (including phenoxy) is 3. The van der Waals surface area contributed by atoms with Gasteiger partial charge in [0, 0.05) is 19.3 Å². The molecule has 0 aliphatic heterocycles. The lowest BCUT2D eigenvalue weighted by Gasteiger charge is -2.18. The summed E-state index contributed by atoms with van der Waals surface area (Å²) in [5.74, 6) is -0.941. The molecule has 0 aromatic heterocycles. The standard InChI is InChI=1S/C74H118O6/c1-4-7-10-13-16-19-22-25-27-29-31-33-35-36-37-38-40-41-43-45-47-49-52-55-58-61-64-67-73(76)79-70-71(69-78-72(75)66-63-60-57-54-51-24-21-18-15-12-9-6-3)80-74(77)68-65-62-59-56-53-50-48-46-44-42-39-34-32-30-28-26-23-20-17-14-11-8-5-2/h7-8,10-11,16-21,25-28,31-34,36-37,40-42,44-45,47,71H,4-6,9,12-15,22-24,29-30,35,38-39,43,46,48-70H2,1-3H3/b10-7-,11-8-,19-16-,20-17-,21-18-,27-25-,28-26-,33-31-,34-32-,37-36-,41-40-,44-42-,47-45-. The summed E-state index contributed by atoms with van der Waals surface area (Å²) in [7, 11) is 0. The molecule has 1 unspecified atom stereocenters. The molecule has 0 saturated carbocycles. The van der Waals surface area contributed by atoms with E-state index >= 15 is 0 Å². The topological polar surface area (TPSA) is 78.9 Å². The molecule has 0 N–H and O–H groups in total. The molecular formula is C74H118O6. The van der Waals surface area contributed by atoms with Gasteiger partial charge in [-0.1, -0.05) is 262 Å². The molecule has 0 saturated heterocycles. The average molecular weight is 1100 g/mol.